The Balaban J connectivity index is 2.24. The fraction of sp³-hybridized carbons (Fsp3) is 0.467. The molecule has 0 bridgehead atoms. The number of amides is 1. The molecule has 1 aromatic carbocycles. The molecular formula is C15H19NO4. The number of hydrogen-bond donors (Lipinski definition) is 3. The van der Waals surface area contributed by atoms with E-state index in [9.17, 15) is 19.8 Å². The van der Waals surface area contributed by atoms with Crippen LogP contribution in [-0.2, 0) is 4.79 Å². The average Bonchev–Trinajstić information content (AvgIpc) is 2.41. The Labute approximate surface area is 117 Å². The van der Waals surface area contributed by atoms with Gasteiger partial charge in [0.25, 0.3) is 5.91 Å². The van der Waals surface area contributed by atoms with Gasteiger partial charge in [-0.05, 0) is 37.0 Å². The molecule has 3 N–H and O–H groups in total. The van der Waals surface area contributed by atoms with Crippen LogP contribution in [0.4, 0.5) is 0 Å². The molecule has 0 heterocycles. The summed E-state index contributed by atoms with van der Waals surface area (Å²) in [5.41, 5.74) is -0.941. The van der Waals surface area contributed by atoms with Gasteiger partial charge in [-0.1, -0.05) is 25.8 Å². The highest BCUT2D eigenvalue weighted by Crippen LogP contribution is 2.34. The van der Waals surface area contributed by atoms with Crippen LogP contribution in [0.25, 0.3) is 0 Å². The van der Waals surface area contributed by atoms with Crippen molar-refractivity contribution in [3.8, 4) is 5.75 Å². The van der Waals surface area contributed by atoms with Gasteiger partial charge in [-0.15, -0.1) is 0 Å². The number of hydrogen-bond acceptors (Lipinski definition) is 3. The Morgan fingerprint density at radius 1 is 1.35 bits per heavy atom. The van der Waals surface area contributed by atoms with Gasteiger partial charge in [0.15, 0.2) is 0 Å². The number of phenols is 1. The van der Waals surface area contributed by atoms with Crippen LogP contribution in [-0.4, -0.2) is 27.6 Å². The molecule has 108 valence electrons. The lowest BCUT2D eigenvalue weighted by Gasteiger charge is -2.39. The molecule has 1 saturated carbocycles. The molecule has 0 radical (unpaired) electrons. The Bertz CT molecular complexity index is 528. The molecule has 1 aliphatic rings. The summed E-state index contributed by atoms with van der Waals surface area (Å²) in [5, 5.41) is 21.6. The van der Waals surface area contributed by atoms with Gasteiger partial charge in [-0.2, -0.15) is 0 Å². The number of carboxylic acid groups (broad SMARTS) is 1. The summed E-state index contributed by atoms with van der Waals surface area (Å²) < 4.78 is 0. The van der Waals surface area contributed by atoms with E-state index in [-0.39, 0.29) is 17.2 Å². The minimum Gasteiger partial charge on any atom is -0.508 e. The van der Waals surface area contributed by atoms with Crippen LogP contribution in [0.2, 0.25) is 0 Å². The van der Waals surface area contributed by atoms with Gasteiger partial charge in [0.1, 0.15) is 11.3 Å². The summed E-state index contributed by atoms with van der Waals surface area (Å²) in [6, 6.07) is 5.91. The van der Waals surface area contributed by atoms with Crippen LogP contribution in [0.5, 0.6) is 5.75 Å². The zero-order chi connectivity index (χ0) is 14.8. The molecule has 5 nitrogen and oxygen atoms in total. The minimum atomic E-state index is -1.21. The molecule has 0 aromatic heterocycles. The third-order valence-electron chi connectivity index (χ3n) is 4.13. The Kier molecular flexibility index (Phi) is 3.97. The smallest absolute Gasteiger partial charge is 0.329 e. The highest BCUT2D eigenvalue weighted by atomic mass is 16.4. The predicted octanol–water partition coefficient (Wildman–Crippen LogP) is 2.16. The van der Waals surface area contributed by atoms with Crippen LogP contribution in [0, 0.1) is 5.92 Å². The van der Waals surface area contributed by atoms with Crippen LogP contribution < -0.4 is 5.32 Å². The average molecular weight is 277 g/mol. The molecule has 5 heteroatoms. The van der Waals surface area contributed by atoms with E-state index in [0.29, 0.717) is 6.42 Å². The largest absolute Gasteiger partial charge is 0.508 e. The van der Waals surface area contributed by atoms with E-state index >= 15 is 0 Å². The van der Waals surface area contributed by atoms with Crippen LogP contribution in [0.1, 0.15) is 43.0 Å². The monoisotopic (exact) mass is 277 g/mol. The van der Waals surface area contributed by atoms with E-state index in [1.165, 1.54) is 12.1 Å². The number of nitrogens with one attached hydrogen (secondary N) is 1. The van der Waals surface area contributed by atoms with Gasteiger partial charge in [-0.25, -0.2) is 4.79 Å². The number of rotatable bonds is 3. The Morgan fingerprint density at radius 2 is 2.10 bits per heavy atom. The zero-order valence-electron chi connectivity index (χ0n) is 11.4. The first-order chi connectivity index (χ1) is 9.45. The van der Waals surface area contributed by atoms with Gasteiger partial charge >= 0.3 is 5.97 Å². The van der Waals surface area contributed by atoms with Crippen molar-refractivity contribution in [1.82, 2.24) is 5.32 Å². The predicted molar refractivity (Wildman–Crippen MR) is 73.6 cm³/mol. The third-order valence-corrected chi connectivity index (χ3v) is 4.13. The van der Waals surface area contributed by atoms with Crippen molar-refractivity contribution in [2.75, 3.05) is 0 Å². The summed E-state index contributed by atoms with van der Waals surface area (Å²) in [6.07, 6.45) is 3.00. The first kappa shape index (κ1) is 14.4. The van der Waals surface area contributed by atoms with Gasteiger partial charge in [-0.3, -0.25) is 4.79 Å². The van der Waals surface area contributed by atoms with Gasteiger partial charge in [0.05, 0.1) is 0 Å². The lowest BCUT2D eigenvalue weighted by Crippen LogP contribution is -2.60. The minimum absolute atomic E-state index is 0.0151. The van der Waals surface area contributed by atoms with Gasteiger partial charge < -0.3 is 15.5 Å². The summed E-state index contributed by atoms with van der Waals surface area (Å²) in [7, 11) is 0. The van der Waals surface area contributed by atoms with Crippen LogP contribution >= 0.6 is 0 Å². The molecule has 0 aliphatic heterocycles. The van der Waals surface area contributed by atoms with Crippen molar-refractivity contribution < 1.29 is 19.8 Å². The van der Waals surface area contributed by atoms with Crippen molar-refractivity contribution in [2.45, 2.75) is 38.1 Å². The number of benzene rings is 1. The maximum absolute atomic E-state index is 12.2. The maximum Gasteiger partial charge on any atom is 0.329 e. The SMILES string of the molecule is CC1CCCCC1(NC(=O)c1cccc(O)c1)C(=O)O. The molecule has 0 saturated heterocycles. The second-order valence-electron chi connectivity index (χ2n) is 5.43. The summed E-state index contributed by atoms with van der Waals surface area (Å²) in [4.78, 5) is 23.9. The number of phenolic OH excluding ortho intramolecular Hbond substituents is 1. The second-order valence-corrected chi connectivity index (χ2v) is 5.43. The van der Waals surface area contributed by atoms with Crippen molar-refractivity contribution >= 4 is 11.9 Å². The highest BCUT2D eigenvalue weighted by molar-refractivity contribution is 5.98. The van der Waals surface area contributed by atoms with Crippen molar-refractivity contribution in [2.24, 2.45) is 5.92 Å². The second kappa shape index (κ2) is 5.53. The lowest BCUT2D eigenvalue weighted by atomic mass is 9.73. The van der Waals surface area contributed by atoms with Gasteiger partial charge in [0.2, 0.25) is 0 Å². The normalized spacial score (nSPS) is 25.9. The molecule has 0 spiro atoms. The Morgan fingerprint density at radius 3 is 2.70 bits per heavy atom. The lowest BCUT2D eigenvalue weighted by molar-refractivity contribution is -0.148. The Hall–Kier alpha value is -2.04. The fourth-order valence-electron chi connectivity index (χ4n) is 2.83. The van der Waals surface area contributed by atoms with E-state index < -0.39 is 17.4 Å². The van der Waals surface area contributed by atoms with E-state index in [0.717, 1.165) is 19.3 Å². The first-order valence-electron chi connectivity index (χ1n) is 6.80. The van der Waals surface area contributed by atoms with Gasteiger partial charge in [0, 0.05) is 5.56 Å². The molecule has 1 fully saturated rings. The number of aliphatic carboxylic acids is 1. The molecule has 2 unspecified atom stereocenters. The zero-order valence-corrected chi connectivity index (χ0v) is 11.4. The van der Waals surface area contributed by atoms with Crippen molar-refractivity contribution in [3.63, 3.8) is 0 Å². The quantitative estimate of drug-likeness (QED) is 0.790. The topological polar surface area (TPSA) is 86.6 Å². The summed E-state index contributed by atoms with van der Waals surface area (Å²) in [5.74, 6) is -1.58. The molecule has 20 heavy (non-hydrogen) atoms. The first-order valence-corrected chi connectivity index (χ1v) is 6.80. The third kappa shape index (κ3) is 2.61. The van der Waals surface area contributed by atoms with Crippen molar-refractivity contribution in [3.05, 3.63) is 29.8 Å². The molecule has 1 aromatic rings. The van der Waals surface area contributed by atoms with E-state index in [1.54, 1.807) is 12.1 Å². The van der Waals surface area contributed by atoms with E-state index in [1.807, 2.05) is 6.92 Å². The standard InChI is InChI=1S/C15H19NO4/c1-10-5-2-3-8-15(10,14(19)20)16-13(18)11-6-4-7-12(17)9-11/h4,6-7,9-10,17H,2-3,5,8H2,1H3,(H,16,18)(H,19,20). The molecular weight excluding hydrogens is 258 g/mol. The number of carbonyl (C=O) groups is 2. The van der Waals surface area contributed by atoms with Crippen LogP contribution in [0.3, 0.4) is 0 Å². The maximum atomic E-state index is 12.2. The highest BCUT2D eigenvalue weighted by Gasteiger charge is 2.46. The summed E-state index contributed by atoms with van der Waals surface area (Å²) >= 11 is 0. The van der Waals surface area contributed by atoms with E-state index in [4.69, 9.17) is 0 Å². The van der Waals surface area contributed by atoms with Crippen LogP contribution in [0.15, 0.2) is 24.3 Å². The molecule has 1 amide bonds. The van der Waals surface area contributed by atoms with E-state index in [2.05, 4.69) is 5.32 Å². The summed E-state index contributed by atoms with van der Waals surface area (Å²) in [6.45, 7) is 1.86. The molecule has 2 rings (SSSR count). The fourth-order valence-corrected chi connectivity index (χ4v) is 2.83. The number of carbonyl (C=O) groups excluding carboxylic acids is 1. The molecule has 1 aliphatic carbocycles. The number of carboxylic acids is 1. The molecule has 2 atom stereocenters. The van der Waals surface area contributed by atoms with Crippen molar-refractivity contribution in [1.29, 1.82) is 0 Å². The number of aromatic hydroxyl groups is 1.